The summed E-state index contributed by atoms with van der Waals surface area (Å²) in [4.78, 5) is 28.8. The van der Waals surface area contributed by atoms with Crippen LogP contribution >= 0.6 is 11.3 Å². The number of benzene rings is 2. The summed E-state index contributed by atoms with van der Waals surface area (Å²) >= 11 is 1.47. The average Bonchev–Trinajstić information content (AvgIpc) is 3.10. The van der Waals surface area contributed by atoms with Crippen LogP contribution in [-0.4, -0.2) is 30.0 Å². The summed E-state index contributed by atoms with van der Waals surface area (Å²) in [6.07, 6.45) is 1.17. The van der Waals surface area contributed by atoms with E-state index < -0.39 is 5.63 Å². The molecule has 31 heavy (non-hydrogen) atoms. The summed E-state index contributed by atoms with van der Waals surface area (Å²) in [7, 11) is 3.89. The van der Waals surface area contributed by atoms with Crippen LogP contribution in [0.25, 0.3) is 31.8 Å². The number of para-hydroxylation sites is 1. The van der Waals surface area contributed by atoms with Gasteiger partial charge in [-0.05, 0) is 37.6 Å². The zero-order valence-electron chi connectivity index (χ0n) is 17.4. The maximum Gasteiger partial charge on any atom is 0.269 e. The molecule has 0 atom stereocenters. The van der Waals surface area contributed by atoms with Crippen LogP contribution in [-0.2, 0) is 24.9 Å². The molecule has 8 heteroatoms. The van der Waals surface area contributed by atoms with E-state index in [9.17, 15) is 9.59 Å². The quantitative estimate of drug-likeness (QED) is 0.152. The van der Waals surface area contributed by atoms with E-state index in [2.05, 4.69) is 11.1 Å². The van der Waals surface area contributed by atoms with Crippen molar-refractivity contribution in [2.75, 3.05) is 19.0 Å². The van der Waals surface area contributed by atoms with Crippen molar-refractivity contribution >= 4 is 44.0 Å². The SMILES string of the molecule is CC(=O)/C=C(/C)O.CN(C)c1ccc2[c-]c(-c3nc4ccccc4s3)c(=O)oc2c1.[Ir]. The Morgan fingerprint density at radius 2 is 1.90 bits per heavy atom. The van der Waals surface area contributed by atoms with Gasteiger partial charge in [-0.3, -0.25) is 14.6 Å². The fourth-order valence-electron chi connectivity index (χ4n) is 2.73. The molecule has 0 amide bonds. The number of carbonyl (C=O) groups is 1. The predicted molar refractivity (Wildman–Crippen MR) is 121 cm³/mol. The number of aliphatic hydroxyl groups is 1. The van der Waals surface area contributed by atoms with Gasteiger partial charge in [0.1, 0.15) is 0 Å². The van der Waals surface area contributed by atoms with Gasteiger partial charge in [-0.25, -0.2) is 0 Å². The predicted octanol–water partition coefficient (Wildman–Crippen LogP) is 4.97. The third kappa shape index (κ3) is 6.10. The van der Waals surface area contributed by atoms with Gasteiger partial charge < -0.3 is 14.4 Å². The van der Waals surface area contributed by atoms with E-state index in [-0.39, 0.29) is 31.6 Å². The zero-order valence-corrected chi connectivity index (χ0v) is 20.6. The monoisotopic (exact) mass is 614 g/mol. The van der Waals surface area contributed by atoms with Gasteiger partial charge in [0.05, 0.1) is 21.9 Å². The van der Waals surface area contributed by atoms with Crippen LogP contribution in [0.4, 0.5) is 5.69 Å². The Morgan fingerprint density at radius 3 is 2.48 bits per heavy atom. The molecule has 163 valence electrons. The van der Waals surface area contributed by atoms with Gasteiger partial charge in [0.15, 0.2) is 5.78 Å². The van der Waals surface area contributed by atoms with Gasteiger partial charge >= 0.3 is 0 Å². The molecule has 1 N–H and O–H groups in total. The standard InChI is InChI=1S/C18H13N2O2S.C5H8O2.Ir/c1-20(2)12-8-7-11-9-13(18(21)22-15(11)10-12)17-19-14-5-3-4-6-16(14)23-17;1-4(6)3-5(2)7;/h3-8,10H,1-2H3;3,6H,1-2H3;/q-1;;/b;4-3-;. The summed E-state index contributed by atoms with van der Waals surface area (Å²) in [5.41, 5.74) is 2.36. The number of carbonyl (C=O) groups excluding carboxylic acids is 1. The van der Waals surface area contributed by atoms with E-state index in [1.165, 1.54) is 31.3 Å². The minimum Gasteiger partial charge on any atom is -0.512 e. The number of nitrogens with zero attached hydrogens (tertiary/aromatic N) is 2. The maximum absolute atomic E-state index is 12.3. The number of aliphatic hydroxyl groups excluding tert-OH is 1. The molecule has 2 aromatic carbocycles. The molecule has 4 aromatic rings. The average molecular weight is 614 g/mol. The van der Waals surface area contributed by atoms with Crippen molar-refractivity contribution in [2.24, 2.45) is 0 Å². The fraction of sp³-hybridized carbons (Fsp3) is 0.174. The molecule has 2 aromatic heterocycles. The first-order valence-electron chi connectivity index (χ1n) is 9.16. The van der Waals surface area contributed by atoms with Crippen molar-refractivity contribution in [1.29, 1.82) is 0 Å². The van der Waals surface area contributed by atoms with Crippen molar-refractivity contribution < 1.29 is 34.4 Å². The molecule has 6 nitrogen and oxygen atoms in total. The van der Waals surface area contributed by atoms with Gasteiger partial charge in [-0.15, -0.1) is 12.1 Å². The van der Waals surface area contributed by atoms with Gasteiger partial charge in [0.25, 0.3) is 5.63 Å². The number of aromatic nitrogens is 1. The van der Waals surface area contributed by atoms with Crippen LogP contribution in [0, 0.1) is 6.07 Å². The second-order valence-corrected chi connectivity index (χ2v) is 7.88. The molecule has 1 radical (unpaired) electrons. The van der Waals surface area contributed by atoms with Crippen molar-refractivity contribution in [3.63, 3.8) is 0 Å². The van der Waals surface area contributed by atoms with E-state index in [0.29, 0.717) is 16.2 Å². The number of rotatable bonds is 3. The van der Waals surface area contributed by atoms with E-state index in [4.69, 9.17) is 9.52 Å². The summed E-state index contributed by atoms with van der Waals surface area (Å²) < 4.78 is 6.53. The van der Waals surface area contributed by atoms with Crippen molar-refractivity contribution in [2.45, 2.75) is 13.8 Å². The van der Waals surface area contributed by atoms with Gasteiger partial charge in [0.2, 0.25) is 0 Å². The van der Waals surface area contributed by atoms with Crippen LogP contribution in [0.5, 0.6) is 0 Å². The molecular formula is C23H21IrN2O4S-. The van der Waals surface area contributed by atoms with E-state index in [1.54, 1.807) is 0 Å². The van der Waals surface area contributed by atoms with Crippen molar-refractivity contribution in [1.82, 2.24) is 4.98 Å². The van der Waals surface area contributed by atoms with Gasteiger partial charge in [0, 0.05) is 50.7 Å². The number of allylic oxidation sites excluding steroid dienone is 2. The Morgan fingerprint density at radius 1 is 1.19 bits per heavy atom. The number of ketones is 1. The fourth-order valence-corrected chi connectivity index (χ4v) is 3.68. The molecule has 2 heterocycles. The zero-order chi connectivity index (χ0) is 21.8. The third-order valence-corrected chi connectivity index (χ3v) is 5.12. The molecule has 0 aliphatic heterocycles. The number of hydrogen-bond donors (Lipinski definition) is 1. The van der Waals surface area contributed by atoms with Crippen molar-refractivity contribution in [3.8, 4) is 10.6 Å². The van der Waals surface area contributed by atoms with Crippen LogP contribution in [0.1, 0.15) is 13.8 Å². The first kappa shape index (κ1) is 24.5. The molecule has 0 aliphatic carbocycles. The molecule has 0 fully saturated rings. The molecule has 0 aliphatic rings. The van der Waals surface area contributed by atoms with Crippen molar-refractivity contribution in [3.05, 3.63) is 70.8 Å². The van der Waals surface area contributed by atoms with Crippen LogP contribution in [0.2, 0.25) is 0 Å². The second-order valence-electron chi connectivity index (χ2n) is 6.85. The summed E-state index contributed by atoms with van der Waals surface area (Å²) in [5, 5.41) is 9.77. The summed E-state index contributed by atoms with van der Waals surface area (Å²) in [6, 6.07) is 16.7. The van der Waals surface area contributed by atoms with Gasteiger partial charge in [-0.1, -0.05) is 23.6 Å². The number of hydrogen-bond acceptors (Lipinski definition) is 7. The number of fused-ring (bicyclic) bond motifs is 2. The maximum atomic E-state index is 12.3. The van der Waals surface area contributed by atoms with Crippen LogP contribution < -0.4 is 10.5 Å². The largest absolute Gasteiger partial charge is 0.512 e. The van der Waals surface area contributed by atoms with Crippen LogP contribution in [0.3, 0.4) is 0 Å². The molecule has 0 unspecified atom stereocenters. The molecular weight excluding hydrogens is 593 g/mol. The molecule has 0 spiro atoms. The summed E-state index contributed by atoms with van der Waals surface area (Å²) in [6.45, 7) is 2.85. The smallest absolute Gasteiger partial charge is 0.269 e. The third-order valence-electron chi connectivity index (χ3n) is 4.07. The molecule has 0 saturated carbocycles. The Bertz CT molecular complexity index is 1270. The Balaban J connectivity index is 0.000000373. The molecule has 4 rings (SSSR count). The van der Waals surface area contributed by atoms with E-state index >= 15 is 0 Å². The Hall–Kier alpha value is -2.80. The van der Waals surface area contributed by atoms with Crippen LogP contribution in [0.15, 0.2) is 63.5 Å². The Kier molecular flexibility index (Phi) is 8.28. The molecule has 0 saturated heterocycles. The minimum absolute atomic E-state index is 0. The topological polar surface area (TPSA) is 83.6 Å². The van der Waals surface area contributed by atoms with Gasteiger partial charge in [-0.2, -0.15) is 11.3 Å². The first-order chi connectivity index (χ1) is 14.2. The first-order valence-corrected chi connectivity index (χ1v) is 9.97. The summed E-state index contributed by atoms with van der Waals surface area (Å²) in [5.74, 6) is -0.0625. The number of anilines is 1. The Labute approximate surface area is 197 Å². The van der Waals surface area contributed by atoms with E-state index in [1.807, 2.05) is 61.5 Å². The second kappa shape index (κ2) is 10.5. The normalized spacial score (nSPS) is 10.9. The molecule has 0 bridgehead atoms. The minimum atomic E-state index is -0.410. The number of thiazole rings is 1. The van der Waals surface area contributed by atoms with E-state index in [0.717, 1.165) is 21.3 Å².